The molecule has 1 unspecified atom stereocenters. The van der Waals surface area contributed by atoms with E-state index in [1.807, 2.05) is 6.07 Å². The fourth-order valence-electron chi connectivity index (χ4n) is 1.65. The van der Waals surface area contributed by atoms with Crippen molar-refractivity contribution < 1.29 is 9.13 Å². The summed E-state index contributed by atoms with van der Waals surface area (Å²) in [5, 5.41) is 19.6. The van der Waals surface area contributed by atoms with Gasteiger partial charge in [-0.15, -0.1) is 0 Å². The maximum absolute atomic E-state index is 12.2. The van der Waals surface area contributed by atoms with Crippen molar-refractivity contribution in [1.29, 1.82) is 5.26 Å². The molecule has 1 aromatic heterocycles. The maximum atomic E-state index is 12.2. The van der Waals surface area contributed by atoms with Gasteiger partial charge >= 0.3 is 0 Å². The van der Waals surface area contributed by atoms with Crippen molar-refractivity contribution in [3.05, 3.63) is 64.0 Å². The molecule has 1 atom stereocenters. The molecule has 0 fully saturated rings. The van der Waals surface area contributed by atoms with Crippen LogP contribution >= 0.6 is 0 Å². The molecule has 2 rings (SSSR count). The van der Waals surface area contributed by atoms with Gasteiger partial charge in [0.25, 0.3) is 5.69 Å². The molecule has 1 heterocycles. The van der Waals surface area contributed by atoms with Crippen LogP contribution in [-0.4, -0.2) is 14.1 Å². The van der Waals surface area contributed by atoms with Crippen LogP contribution in [0.2, 0.25) is 0 Å². The second-order valence-corrected chi connectivity index (χ2v) is 5.30. The van der Waals surface area contributed by atoms with Crippen molar-refractivity contribution in [3.63, 3.8) is 0 Å². The van der Waals surface area contributed by atoms with Crippen LogP contribution in [0, 0.1) is 21.4 Å². The average Bonchev–Trinajstić information content (AvgIpc) is 2.47. The molecular weight excluding hydrogens is 278 g/mol. The van der Waals surface area contributed by atoms with E-state index < -0.39 is 15.7 Å². The number of hydrogen-bond donors (Lipinski definition) is 0. The summed E-state index contributed by atoms with van der Waals surface area (Å²) in [4.78, 5) is 14.3. The Hall–Kier alpha value is -2.59. The molecule has 0 saturated carbocycles. The highest BCUT2D eigenvalue weighted by molar-refractivity contribution is 7.84. The number of nitriles is 1. The van der Waals surface area contributed by atoms with Crippen LogP contribution in [0.1, 0.15) is 11.3 Å². The molecule has 0 spiro atoms. The topological polar surface area (TPSA) is 96.9 Å². The first-order valence-electron chi connectivity index (χ1n) is 5.58. The van der Waals surface area contributed by atoms with E-state index >= 15 is 0 Å². The van der Waals surface area contributed by atoms with Crippen LogP contribution in [0.5, 0.6) is 0 Å². The highest BCUT2D eigenvalue weighted by Gasteiger charge is 2.18. The Morgan fingerprint density at radius 3 is 2.80 bits per heavy atom. The predicted octanol–water partition coefficient (Wildman–Crippen LogP) is 2.17. The Kier molecular flexibility index (Phi) is 4.17. The lowest BCUT2D eigenvalue weighted by atomic mass is 10.2. The molecule has 1 aromatic carbocycles. The summed E-state index contributed by atoms with van der Waals surface area (Å²) < 4.78 is 12.2. The lowest BCUT2D eigenvalue weighted by Crippen LogP contribution is -2.01. The Labute approximate surface area is 117 Å². The van der Waals surface area contributed by atoms with Gasteiger partial charge in [0, 0.05) is 12.3 Å². The number of nitro benzene ring substituents is 1. The summed E-state index contributed by atoms with van der Waals surface area (Å²) in [5.41, 5.74) is 0.704. The van der Waals surface area contributed by atoms with Crippen molar-refractivity contribution in [3.8, 4) is 6.07 Å². The molecule has 0 saturated heterocycles. The second kappa shape index (κ2) is 6.04. The Morgan fingerprint density at radius 1 is 1.35 bits per heavy atom. The van der Waals surface area contributed by atoms with Gasteiger partial charge in [-0.1, -0.05) is 12.1 Å². The molecule has 0 aliphatic heterocycles. The van der Waals surface area contributed by atoms with Crippen LogP contribution in [0.25, 0.3) is 0 Å². The normalized spacial score (nSPS) is 11.6. The van der Waals surface area contributed by atoms with Crippen LogP contribution < -0.4 is 0 Å². The average molecular weight is 287 g/mol. The van der Waals surface area contributed by atoms with E-state index in [4.69, 9.17) is 5.26 Å². The van der Waals surface area contributed by atoms with Gasteiger partial charge in [0.1, 0.15) is 16.7 Å². The van der Waals surface area contributed by atoms with E-state index in [1.165, 1.54) is 30.5 Å². The number of pyridine rings is 1. The SMILES string of the molecule is N#Cc1cc(CS(=O)c2ccccc2[N+](=O)[O-])ccn1. The number of rotatable bonds is 4. The molecule has 7 heteroatoms. The molecule has 2 aromatic rings. The number of para-hydroxylation sites is 1. The van der Waals surface area contributed by atoms with Gasteiger partial charge in [0.2, 0.25) is 0 Å². The van der Waals surface area contributed by atoms with Gasteiger partial charge in [-0.25, -0.2) is 4.98 Å². The molecule has 100 valence electrons. The van der Waals surface area contributed by atoms with Crippen molar-refractivity contribution in [2.75, 3.05) is 0 Å². The van der Waals surface area contributed by atoms with Crippen LogP contribution in [0.4, 0.5) is 5.69 Å². The summed E-state index contributed by atoms with van der Waals surface area (Å²) in [6.45, 7) is 0. The first-order valence-corrected chi connectivity index (χ1v) is 6.90. The number of nitrogens with zero attached hydrogens (tertiary/aromatic N) is 3. The minimum Gasteiger partial charge on any atom is -0.258 e. The van der Waals surface area contributed by atoms with Crippen molar-refractivity contribution in [1.82, 2.24) is 4.98 Å². The number of aromatic nitrogens is 1. The quantitative estimate of drug-likeness (QED) is 0.634. The number of benzene rings is 1. The van der Waals surface area contributed by atoms with E-state index in [2.05, 4.69) is 4.98 Å². The number of hydrogen-bond acceptors (Lipinski definition) is 5. The molecule has 6 nitrogen and oxygen atoms in total. The van der Waals surface area contributed by atoms with Gasteiger partial charge in [-0.3, -0.25) is 14.3 Å². The van der Waals surface area contributed by atoms with E-state index in [1.54, 1.807) is 12.1 Å². The van der Waals surface area contributed by atoms with Crippen molar-refractivity contribution in [2.45, 2.75) is 10.6 Å². The fraction of sp³-hybridized carbons (Fsp3) is 0.0769. The van der Waals surface area contributed by atoms with Gasteiger partial charge in [0.15, 0.2) is 0 Å². The minimum atomic E-state index is -1.56. The third kappa shape index (κ3) is 3.05. The Bertz CT molecular complexity index is 725. The zero-order chi connectivity index (χ0) is 14.5. The molecule has 0 N–H and O–H groups in total. The van der Waals surface area contributed by atoms with Crippen LogP contribution in [0.15, 0.2) is 47.5 Å². The zero-order valence-electron chi connectivity index (χ0n) is 10.2. The maximum Gasteiger partial charge on any atom is 0.285 e. The predicted molar refractivity (Wildman–Crippen MR) is 72.2 cm³/mol. The largest absolute Gasteiger partial charge is 0.285 e. The lowest BCUT2D eigenvalue weighted by molar-refractivity contribution is -0.387. The standard InChI is InChI=1S/C13H9N3O3S/c14-8-11-7-10(5-6-15-11)9-20(19)13-4-2-1-3-12(13)16(17)18/h1-7H,9H2. The number of nitro groups is 1. The van der Waals surface area contributed by atoms with E-state index in [9.17, 15) is 14.3 Å². The third-order valence-corrected chi connectivity index (χ3v) is 3.98. The van der Waals surface area contributed by atoms with Gasteiger partial charge in [-0.05, 0) is 23.8 Å². The van der Waals surface area contributed by atoms with E-state index in [0.717, 1.165) is 0 Å². The lowest BCUT2D eigenvalue weighted by Gasteiger charge is -2.03. The molecule has 0 aliphatic carbocycles. The summed E-state index contributed by atoms with van der Waals surface area (Å²) in [6.07, 6.45) is 1.45. The molecular formula is C13H9N3O3S. The van der Waals surface area contributed by atoms with Gasteiger partial charge < -0.3 is 0 Å². The monoisotopic (exact) mass is 287 g/mol. The van der Waals surface area contributed by atoms with Gasteiger partial charge in [0.05, 0.1) is 21.5 Å². The van der Waals surface area contributed by atoms with Crippen LogP contribution in [0.3, 0.4) is 0 Å². The van der Waals surface area contributed by atoms with E-state index in [0.29, 0.717) is 5.56 Å². The minimum absolute atomic E-state index is 0.0993. The third-order valence-electron chi connectivity index (χ3n) is 2.54. The Balaban J connectivity index is 2.29. The molecule has 0 radical (unpaired) electrons. The highest BCUT2D eigenvalue weighted by Crippen LogP contribution is 2.23. The summed E-state index contributed by atoms with van der Waals surface area (Å²) in [5.74, 6) is 0.0993. The molecule has 0 amide bonds. The molecule has 20 heavy (non-hydrogen) atoms. The second-order valence-electron chi connectivity index (χ2n) is 3.88. The van der Waals surface area contributed by atoms with Crippen molar-refractivity contribution in [2.24, 2.45) is 0 Å². The fourth-order valence-corrected chi connectivity index (χ4v) is 2.90. The first kappa shape index (κ1) is 13.8. The van der Waals surface area contributed by atoms with Crippen molar-refractivity contribution >= 4 is 16.5 Å². The molecule has 0 aliphatic rings. The summed E-state index contributed by atoms with van der Waals surface area (Å²) in [7, 11) is -1.56. The van der Waals surface area contributed by atoms with E-state index in [-0.39, 0.29) is 22.0 Å². The summed E-state index contributed by atoms with van der Waals surface area (Å²) >= 11 is 0. The summed E-state index contributed by atoms with van der Waals surface area (Å²) in [6, 6.07) is 11.0. The highest BCUT2D eigenvalue weighted by atomic mass is 32.2. The van der Waals surface area contributed by atoms with Gasteiger partial charge in [-0.2, -0.15) is 5.26 Å². The van der Waals surface area contributed by atoms with Crippen LogP contribution in [-0.2, 0) is 16.6 Å². The smallest absolute Gasteiger partial charge is 0.258 e. The molecule has 0 bridgehead atoms. The Morgan fingerprint density at radius 2 is 2.10 bits per heavy atom. The first-order chi connectivity index (χ1) is 9.61. The zero-order valence-corrected chi connectivity index (χ0v) is 11.0.